The molecular formula is C16H17Cl2N7. The van der Waals surface area contributed by atoms with Gasteiger partial charge in [0.05, 0.1) is 23.5 Å². The van der Waals surface area contributed by atoms with E-state index in [1.54, 1.807) is 35.6 Å². The second-order valence-corrected chi connectivity index (χ2v) is 6.23. The summed E-state index contributed by atoms with van der Waals surface area (Å²) in [6.07, 6.45) is 3.38. The molecule has 1 aromatic carbocycles. The molecule has 0 spiro atoms. The summed E-state index contributed by atoms with van der Waals surface area (Å²) >= 11 is 12.2. The molecule has 5 N–H and O–H groups in total. The van der Waals surface area contributed by atoms with E-state index in [4.69, 9.17) is 34.8 Å². The lowest BCUT2D eigenvalue weighted by molar-refractivity contribution is 0.276. The highest BCUT2D eigenvalue weighted by molar-refractivity contribution is 6.36. The third kappa shape index (κ3) is 4.33. The Balaban J connectivity index is 1.85. The first-order valence-electron chi connectivity index (χ1n) is 7.59. The molecule has 0 fully saturated rings. The largest absolute Gasteiger partial charge is 0.337 e. The third-order valence-corrected chi connectivity index (χ3v) is 4.05. The first kappa shape index (κ1) is 17.8. The summed E-state index contributed by atoms with van der Waals surface area (Å²) < 4.78 is 0. The van der Waals surface area contributed by atoms with Gasteiger partial charge in [-0.3, -0.25) is 5.84 Å². The second kappa shape index (κ2) is 7.90. The van der Waals surface area contributed by atoms with Gasteiger partial charge in [0, 0.05) is 29.9 Å². The Kier molecular flexibility index (Phi) is 5.62. The predicted octanol–water partition coefficient (Wildman–Crippen LogP) is 2.47. The van der Waals surface area contributed by atoms with Crippen LogP contribution in [-0.2, 0) is 6.54 Å². The van der Waals surface area contributed by atoms with Gasteiger partial charge in [-0.05, 0) is 24.3 Å². The molecule has 2 heterocycles. The van der Waals surface area contributed by atoms with E-state index in [1.165, 1.54) is 0 Å². The highest BCUT2D eigenvalue weighted by atomic mass is 35.5. The molecule has 0 aliphatic rings. The molecule has 0 atom stereocenters. The molecule has 0 saturated heterocycles. The summed E-state index contributed by atoms with van der Waals surface area (Å²) in [6.45, 7) is 1.44. The fraction of sp³-hybridized carbons (Fsp3) is 0.188. The van der Waals surface area contributed by atoms with E-state index in [-0.39, 0.29) is 0 Å². The quantitative estimate of drug-likeness (QED) is 0.449. The minimum absolute atomic E-state index is 0.404. The predicted molar refractivity (Wildman–Crippen MR) is 98.7 cm³/mol. The minimum atomic E-state index is 0.404. The molecule has 130 valence electrons. The van der Waals surface area contributed by atoms with Crippen molar-refractivity contribution < 1.29 is 0 Å². The molecule has 3 rings (SSSR count). The zero-order valence-corrected chi connectivity index (χ0v) is 14.8. The number of hydrazine groups is 1. The number of nitrogens with zero attached hydrogens (tertiary/aromatic N) is 4. The van der Waals surface area contributed by atoms with Gasteiger partial charge in [-0.15, -0.1) is 0 Å². The Bertz CT molecular complexity index is 865. The Morgan fingerprint density at radius 1 is 1.16 bits per heavy atom. The van der Waals surface area contributed by atoms with Crippen LogP contribution in [0.25, 0.3) is 22.8 Å². The lowest BCUT2D eigenvalue weighted by Gasteiger charge is -2.13. The number of benzene rings is 1. The van der Waals surface area contributed by atoms with Crippen molar-refractivity contribution in [1.29, 1.82) is 0 Å². The summed E-state index contributed by atoms with van der Waals surface area (Å²) in [4.78, 5) is 16.3. The van der Waals surface area contributed by atoms with Crippen molar-refractivity contribution in [2.45, 2.75) is 6.54 Å². The smallest absolute Gasteiger partial charge is 0.156 e. The lowest BCUT2D eigenvalue weighted by atomic mass is 10.2. The molecule has 7 nitrogen and oxygen atoms in total. The molecule has 0 saturated carbocycles. The highest BCUT2D eigenvalue weighted by Crippen LogP contribution is 2.30. The fourth-order valence-electron chi connectivity index (χ4n) is 2.33. The number of halogens is 2. The van der Waals surface area contributed by atoms with Crippen LogP contribution in [0.5, 0.6) is 0 Å². The minimum Gasteiger partial charge on any atom is -0.337 e. The van der Waals surface area contributed by atoms with E-state index in [0.29, 0.717) is 47.0 Å². The number of hydrogen-bond donors (Lipinski definition) is 3. The van der Waals surface area contributed by atoms with E-state index in [0.717, 1.165) is 11.3 Å². The molecule has 9 heteroatoms. The van der Waals surface area contributed by atoms with Crippen LogP contribution in [0.2, 0.25) is 10.0 Å². The van der Waals surface area contributed by atoms with Crippen molar-refractivity contribution in [1.82, 2.24) is 24.9 Å². The number of aromatic amines is 1. The average molecular weight is 378 g/mol. The van der Waals surface area contributed by atoms with Gasteiger partial charge in [-0.1, -0.05) is 23.2 Å². The van der Waals surface area contributed by atoms with Crippen LogP contribution >= 0.6 is 23.2 Å². The van der Waals surface area contributed by atoms with Crippen molar-refractivity contribution in [3.8, 4) is 22.8 Å². The maximum absolute atomic E-state index is 6.24. The summed E-state index contributed by atoms with van der Waals surface area (Å²) in [5.41, 5.74) is 7.75. The first-order valence-corrected chi connectivity index (χ1v) is 8.35. The van der Waals surface area contributed by atoms with Crippen molar-refractivity contribution in [3.63, 3.8) is 0 Å². The normalized spacial score (nSPS) is 11.2. The van der Waals surface area contributed by atoms with Crippen LogP contribution in [0.15, 0.2) is 36.7 Å². The molecular weight excluding hydrogens is 361 g/mol. The Labute approximate surface area is 155 Å². The fourth-order valence-corrected chi connectivity index (χ4v) is 2.84. The van der Waals surface area contributed by atoms with E-state index < -0.39 is 0 Å². The zero-order valence-electron chi connectivity index (χ0n) is 13.3. The maximum atomic E-state index is 6.24. The highest BCUT2D eigenvalue weighted by Gasteiger charge is 2.11. The number of nitrogens with two attached hydrogens (primary N) is 2. The van der Waals surface area contributed by atoms with Crippen LogP contribution < -0.4 is 11.6 Å². The zero-order chi connectivity index (χ0) is 17.8. The molecule has 0 aliphatic heterocycles. The molecule has 3 aromatic rings. The average Bonchev–Trinajstić information content (AvgIpc) is 3.05. The maximum Gasteiger partial charge on any atom is 0.156 e. The number of hydrogen-bond acceptors (Lipinski definition) is 6. The Hall–Kier alpha value is -2.03. The van der Waals surface area contributed by atoms with E-state index in [2.05, 4.69) is 19.9 Å². The first-order chi connectivity index (χ1) is 12.1. The van der Waals surface area contributed by atoms with E-state index in [1.807, 2.05) is 6.07 Å². The molecule has 0 unspecified atom stereocenters. The van der Waals surface area contributed by atoms with Gasteiger partial charge < -0.3 is 10.7 Å². The van der Waals surface area contributed by atoms with E-state index in [9.17, 15) is 0 Å². The molecule has 0 bridgehead atoms. The molecule has 25 heavy (non-hydrogen) atoms. The second-order valence-electron chi connectivity index (χ2n) is 5.39. The van der Waals surface area contributed by atoms with Gasteiger partial charge in [0.25, 0.3) is 0 Å². The number of aromatic nitrogens is 4. The van der Waals surface area contributed by atoms with Crippen LogP contribution in [0, 0.1) is 0 Å². The van der Waals surface area contributed by atoms with Gasteiger partial charge in [-0.2, -0.15) is 0 Å². The van der Waals surface area contributed by atoms with Crippen molar-refractivity contribution in [3.05, 3.63) is 52.5 Å². The van der Waals surface area contributed by atoms with Gasteiger partial charge in [0.1, 0.15) is 11.5 Å². The summed E-state index contributed by atoms with van der Waals surface area (Å²) in [5.74, 6) is 7.05. The molecule has 0 radical (unpaired) electrons. The molecule has 0 amide bonds. The summed E-state index contributed by atoms with van der Waals surface area (Å²) in [6, 6.07) is 7.08. The lowest BCUT2D eigenvalue weighted by Crippen LogP contribution is -2.35. The number of H-pyrrole nitrogens is 1. The van der Waals surface area contributed by atoms with Crippen LogP contribution in [0.4, 0.5) is 0 Å². The van der Waals surface area contributed by atoms with E-state index >= 15 is 0 Å². The molecule has 2 aromatic heterocycles. The van der Waals surface area contributed by atoms with Crippen molar-refractivity contribution >= 4 is 23.2 Å². The topological polar surface area (TPSA) is 110 Å². The van der Waals surface area contributed by atoms with Crippen molar-refractivity contribution in [2.75, 3.05) is 13.1 Å². The standard InChI is InChI=1S/C16H17Cl2N7/c17-10-1-2-11(12(18)7-10)14-8-22-16(24-14)13-3-5-21-15(23-13)9-25(20)6-4-19/h1-3,5,7-8H,4,6,9,19-20H2,(H,22,24). The van der Waals surface area contributed by atoms with Crippen LogP contribution in [0.1, 0.15) is 5.82 Å². The van der Waals surface area contributed by atoms with Gasteiger partial charge in [-0.25, -0.2) is 20.0 Å². The number of rotatable bonds is 6. The number of nitrogens with one attached hydrogen (secondary N) is 1. The SMILES string of the molecule is NCCN(N)Cc1nccc(-c2ncc(-c3ccc(Cl)cc3Cl)[nH]2)n1. The van der Waals surface area contributed by atoms with Crippen molar-refractivity contribution in [2.24, 2.45) is 11.6 Å². The Morgan fingerprint density at radius 3 is 2.76 bits per heavy atom. The van der Waals surface area contributed by atoms with Gasteiger partial charge in [0.2, 0.25) is 0 Å². The molecule has 0 aliphatic carbocycles. The van der Waals surface area contributed by atoms with Crippen LogP contribution in [-0.4, -0.2) is 38.0 Å². The summed E-state index contributed by atoms with van der Waals surface area (Å²) in [7, 11) is 0. The van der Waals surface area contributed by atoms with Gasteiger partial charge in [0.15, 0.2) is 5.82 Å². The Morgan fingerprint density at radius 2 is 2.00 bits per heavy atom. The summed E-state index contributed by atoms with van der Waals surface area (Å²) in [5, 5.41) is 2.70. The monoisotopic (exact) mass is 377 g/mol. The van der Waals surface area contributed by atoms with Gasteiger partial charge >= 0.3 is 0 Å². The third-order valence-electron chi connectivity index (χ3n) is 3.51. The number of imidazole rings is 1. The van der Waals surface area contributed by atoms with Crippen LogP contribution in [0.3, 0.4) is 0 Å².